The molecule has 0 saturated heterocycles. The van der Waals surface area contributed by atoms with E-state index in [0.717, 1.165) is 0 Å². The van der Waals surface area contributed by atoms with Crippen LogP contribution in [0.4, 0.5) is 0 Å². The first kappa shape index (κ1) is 14.0. The van der Waals surface area contributed by atoms with E-state index < -0.39 is 0 Å². The quantitative estimate of drug-likeness (QED) is 0.748. The van der Waals surface area contributed by atoms with Gasteiger partial charge in [0.05, 0.1) is 26.6 Å². The summed E-state index contributed by atoms with van der Waals surface area (Å²) in [6, 6.07) is 6.30. The van der Waals surface area contributed by atoms with Crippen LogP contribution in [0, 0.1) is 6.92 Å². The molecule has 108 valence electrons. The molecule has 0 saturated carbocycles. The zero-order chi connectivity index (χ0) is 15.3. The number of halogens is 2. The molecule has 0 spiro atoms. The van der Waals surface area contributed by atoms with Gasteiger partial charge >= 0.3 is 0 Å². The van der Waals surface area contributed by atoms with Crippen molar-refractivity contribution in [2.24, 2.45) is 7.05 Å². The highest BCUT2D eigenvalue weighted by molar-refractivity contribution is 6.42. The molecule has 0 aliphatic carbocycles. The fourth-order valence-corrected chi connectivity index (χ4v) is 2.73. The summed E-state index contributed by atoms with van der Waals surface area (Å²) in [6.07, 6.45) is 0. The summed E-state index contributed by atoms with van der Waals surface area (Å²) in [5.74, 6) is 0. The maximum Gasteiger partial charge on any atom is 0.275 e. The Bertz CT molecular complexity index is 982. The van der Waals surface area contributed by atoms with E-state index in [2.05, 4.69) is 5.10 Å². The van der Waals surface area contributed by atoms with E-state index in [4.69, 9.17) is 23.2 Å². The Balaban J connectivity index is 2.42. The third kappa shape index (κ3) is 2.09. The first-order valence-electron chi connectivity index (χ1n) is 6.17. The Hall–Kier alpha value is -1.98. The lowest BCUT2D eigenvalue weighted by atomic mass is 10.2. The molecule has 0 bridgehead atoms. The van der Waals surface area contributed by atoms with E-state index in [1.54, 1.807) is 32.2 Å². The van der Waals surface area contributed by atoms with Crippen molar-refractivity contribution in [1.82, 2.24) is 14.3 Å². The zero-order valence-corrected chi connectivity index (χ0v) is 12.8. The molecule has 1 N–H and O–H groups in total. The van der Waals surface area contributed by atoms with Crippen LogP contribution in [0.15, 0.2) is 33.9 Å². The molecule has 0 radical (unpaired) electrons. The van der Waals surface area contributed by atoms with Gasteiger partial charge in [-0.05, 0) is 25.1 Å². The molecule has 0 fully saturated rings. The normalized spacial score (nSPS) is 11.2. The van der Waals surface area contributed by atoms with E-state index in [-0.39, 0.29) is 11.1 Å². The van der Waals surface area contributed by atoms with E-state index >= 15 is 0 Å². The lowest BCUT2D eigenvalue weighted by molar-refractivity contribution is 0.751. The fraction of sp³-hybridized carbons (Fsp3) is 0.143. The van der Waals surface area contributed by atoms with Crippen molar-refractivity contribution in [3.05, 3.63) is 60.7 Å². The van der Waals surface area contributed by atoms with Crippen molar-refractivity contribution >= 4 is 34.1 Å². The van der Waals surface area contributed by atoms with Crippen LogP contribution in [0.2, 0.25) is 10.0 Å². The number of fused-ring (bicyclic) bond motifs is 1. The van der Waals surface area contributed by atoms with Gasteiger partial charge in [0.2, 0.25) is 0 Å². The van der Waals surface area contributed by atoms with Crippen LogP contribution in [-0.2, 0) is 7.05 Å². The molecular formula is C14H11Cl2N3O2. The topological polar surface area (TPSA) is 59.8 Å². The molecule has 1 aromatic carbocycles. The van der Waals surface area contributed by atoms with Crippen LogP contribution in [0.1, 0.15) is 5.69 Å². The second-order valence-electron chi connectivity index (χ2n) is 4.77. The minimum atomic E-state index is -0.250. The van der Waals surface area contributed by atoms with Gasteiger partial charge in [-0.3, -0.25) is 23.9 Å². The first-order chi connectivity index (χ1) is 9.90. The fourth-order valence-electron chi connectivity index (χ4n) is 2.43. The largest absolute Gasteiger partial charge is 0.295 e. The van der Waals surface area contributed by atoms with Crippen LogP contribution in [0.25, 0.3) is 16.6 Å². The second-order valence-corrected chi connectivity index (χ2v) is 5.58. The van der Waals surface area contributed by atoms with Crippen LogP contribution in [-0.4, -0.2) is 14.3 Å². The molecular weight excluding hydrogens is 313 g/mol. The van der Waals surface area contributed by atoms with Gasteiger partial charge in [-0.1, -0.05) is 23.2 Å². The van der Waals surface area contributed by atoms with Gasteiger partial charge in [-0.15, -0.1) is 0 Å². The van der Waals surface area contributed by atoms with Crippen LogP contribution >= 0.6 is 23.2 Å². The number of hydrogen-bond donors (Lipinski definition) is 1. The van der Waals surface area contributed by atoms with Gasteiger partial charge in [-0.2, -0.15) is 0 Å². The maximum absolute atomic E-state index is 12.3. The second kappa shape index (κ2) is 4.79. The monoisotopic (exact) mass is 323 g/mol. The number of pyridine rings is 1. The van der Waals surface area contributed by atoms with Crippen molar-refractivity contribution in [2.75, 3.05) is 0 Å². The highest BCUT2D eigenvalue weighted by Crippen LogP contribution is 2.25. The molecule has 21 heavy (non-hydrogen) atoms. The number of aromatic amines is 1. The lowest BCUT2D eigenvalue weighted by Gasteiger charge is -2.11. The van der Waals surface area contributed by atoms with Crippen molar-refractivity contribution in [2.45, 2.75) is 6.92 Å². The average Bonchev–Trinajstić information content (AvgIpc) is 2.69. The van der Waals surface area contributed by atoms with Crippen LogP contribution in [0.5, 0.6) is 0 Å². The number of aryl methyl sites for hydroxylation is 2. The molecule has 3 aromatic rings. The molecule has 5 nitrogen and oxygen atoms in total. The van der Waals surface area contributed by atoms with Gasteiger partial charge in [0.1, 0.15) is 0 Å². The molecule has 0 atom stereocenters. The highest BCUT2D eigenvalue weighted by Gasteiger charge is 2.14. The Morgan fingerprint density at radius 3 is 2.48 bits per heavy atom. The van der Waals surface area contributed by atoms with Crippen molar-refractivity contribution in [3.63, 3.8) is 0 Å². The Labute approximate surface area is 129 Å². The zero-order valence-electron chi connectivity index (χ0n) is 11.3. The summed E-state index contributed by atoms with van der Waals surface area (Å²) in [7, 11) is 1.61. The Kier molecular flexibility index (Phi) is 3.19. The van der Waals surface area contributed by atoms with Gasteiger partial charge in [0, 0.05) is 18.8 Å². The summed E-state index contributed by atoms with van der Waals surface area (Å²) >= 11 is 11.9. The molecule has 0 amide bonds. The molecule has 0 aliphatic rings. The van der Waals surface area contributed by atoms with Crippen molar-refractivity contribution in [1.29, 1.82) is 0 Å². The van der Waals surface area contributed by atoms with Crippen molar-refractivity contribution < 1.29 is 0 Å². The number of H-pyrrole nitrogens is 1. The van der Waals surface area contributed by atoms with Crippen molar-refractivity contribution in [3.8, 4) is 5.69 Å². The Morgan fingerprint density at radius 1 is 1.10 bits per heavy atom. The highest BCUT2D eigenvalue weighted by atomic mass is 35.5. The van der Waals surface area contributed by atoms with E-state index in [1.807, 2.05) is 0 Å². The average molecular weight is 324 g/mol. The molecule has 3 rings (SSSR count). The van der Waals surface area contributed by atoms with Gasteiger partial charge in [0.25, 0.3) is 11.1 Å². The molecule has 2 heterocycles. The van der Waals surface area contributed by atoms with Crippen LogP contribution in [0.3, 0.4) is 0 Å². The van der Waals surface area contributed by atoms with Gasteiger partial charge in [0.15, 0.2) is 0 Å². The summed E-state index contributed by atoms with van der Waals surface area (Å²) in [6.45, 7) is 1.72. The summed E-state index contributed by atoms with van der Waals surface area (Å²) < 4.78 is 2.79. The predicted octanol–water partition coefficient (Wildman–Crippen LogP) is 2.63. The number of rotatable bonds is 1. The number of nitrogens with one attached hydrogen (secondary N) is 1. The first-order valence-corrected chi connectivity index (χ1v) is 6.92. The molecule has 7 heteroatoms. The van der Waals surface area contributed by atoms with E-state index in [9.17, 15) is 9.59 Å². The summed E-state index contributed by atoms with van der Waals surface area (Å²) in [4.78, 5) is 24.5. The van der Waals surface area contributed by atoms with E-state index in [1.165, 1.54) is 15.3 Å². The third-order valence-electron chi connectivity index (χ3n) is 3.42. The summed E-state index contributed by atoms with van der Waals surface area (Å²) in [5, 5.41) is 4.08. The van der Waals surface area contributed by atoms with Gasteiger partial charge in [-0.25, -0.2) is 0 Å². The number of benzene rings is 1. The number of nitrogens with zero attached hydrogens (tertiary/aromatic N) is 2. The Morgan fingerprint density at radius 2 is 1.81 bits per heavy atom. The van der Waals surface area contributed by atoms with Gasteiger partial charge < -0.3 is 0 Å². The lowest BCUT2D eigenvalue weighted by Crippen LogP contribution is -2.21. The predicted molar refractivity (Wildman–Crippen MR) is 83.9 cm³/mol. The smallest absolute Gasteiger partial charge is 0.275 e. The number of aromatic nitrogens is 3. The minimum Gasteiger partial charge on any atom is -0.295 e. The third-order valence-corrected chi connectivity index (χ3v) is 4.16. The standard InChI is InChI=1S/C14H11Cl2N3O2/c1-7-13-11(17-18(2)14(13)21)6-12(20)19(7)8-3-4-9(15)10(16)5-8/h3-6,17H,1-2H3. The molecule has 0 unspecified atom stereocenters. The summed E-state index contributed by atoms with van der Waals surface area (Å²) in [5.41, 5.74) is 1.20. The number of hydrogen-bond acceptors (Lipinski definition) is 2. The minimum absolute atomic E-state index is 0.184. The SMILES string of the molecule is Cc1c2c(=O)n(C)[nH]c2cc(=O)n1-c1ccc(Cl)c(Cl)c1. The maximum atomic E-state index is 12.3. The molecule has 2 aromatic heterocycles. The van der Waals surface area contributed by atoms with Crippen LogP contribution < -0.4 is 11.1 Å². The van der Waals surface area contributed by atoms with E-state index in [0.29, 0.717) is 32.3 Å². The molecule has 0 aliphatic heterocycles.